The maximum Gasteiger partial charge on any atom is 0.216 e. The number of nitrogen functional groups attached to an aromatic ring is 1. The van der Waals surface area contributed by atoms with Gasteiger partial charge >= 0.3 is 0 Å². The van der Waals surface area contributed by atoms with Gasteiger partial charge in [0.05, 0.1) is 18.4 Å². The number of likely N-dealkylation sites (tertiary alicyclic amines) is 1. The molecule has 130 valence electrons. The lowest BCUT2D eigenvalue weighted by Gasteiger charge is -2.37. The number of benzene rings is 1. The zero-order chi connectivity index (χ0) is 17.0. The minimum absolute atomic E-state index is 0.112. The molecule has 0 saturated carbocycles. The Kier molecular flexibility index (Phi) is 5.73. The Balaban J connectivity index is 1.85. The van der Waals surface area contributed by atoms with Crippen LogP contribution in [0.4, 0.5) is 5.69 Å². The van der Waals surface area contributed by atoms with Crippen LogP contribution in [0.3, 0.4) is 0 Å². The van der Waals surface area contributed by atoms with Crippen molar-refractivity contribution < 1.29 is 19.3 Å². The van der Waals surface area contributed by atoms with Crippen molar-refractivity contribution in [3.05, 3.63) is 18.2 Å². The Labute approximate surface area is 138 Å². The van der Waals surface area contributed by atoms with E-state index in [2.05, 4.69) is 0 Å². The van der Waals surface area contributed by atoms with Gasteiger partial charge in [0.25, 0.3) is 0 Å². The molecule has 1 aliphatic heterocycles. The van der Waals surface area contributed by atoms with Crippen molar-refractivity contribution in [1.29, 1.82) is 0 Å². The van der Waals surface area contributed by atoms with Gasteiger partial charge in [-0.2, -0.15) is 0 Å². The van der Waals surface area contributed by atoms with Crippen LogP contribution in [0, 0.1) is 0 Å². The molecule has 0 aromatic heterocycles. The molecule has 1 heterocycles. The fraction of sp³-hybridized carbons (Fsp3) is 0.647. The number of methoxy groups -OCH3 is 1. The summed E-state index contributed by atoms with van der Waals surface area (Å²) in [6.07, 6.45) is 0.906. The van der Waals surface area contributed by atoms with E-state index in [9.17, 15) is 5.11 Å². The molecule has 1 saturated heterocycles. The first-order chi connectivity index (χ1) is 10.8. The molecule has 1 aromatic carbocycles. The average molecular weight is 324 g/mol. The highest BCUT2D eigenvalue weighted by Crippen LogP contribution is 2.28. The highest BCUT2D eigenvalue weighted by Gasteiger charge is 2.28. The number of anilines is 1. The van der Waals surface area contributed by atoms with E-state index < -0.39 is 6.41 Å². The smallest absolute Gasteiger partial charge is 0.216 e. The third kappa shape index (κ3) is 5.27. The van der Waals surface area contributed by atoms with E-state index in [1.165, 1.54) is 0 Å². The first-order valence-corrected chi connectivity index (χ1v) is 7.98. The van der Waals surface area contributed by atoms with Crippen LogP contribution in [0.15, 0.2) is 18.2 Å². The van der Waals surface area contributed by atoms with Gasteiger partial charge < -0.3 is 25.1 Å². The van der Waals surface area contributed by atoms with Crippen LogP contribution >= 0.6 is 0 Å². The standard InChI is InChI=1S/C17H28N2O4/c1-17(2,3)23-16(20)19-9-7-12(8-10-19)22-13-5-6-14(18)15(11-13)21-4/h5-6,11-12,16,20H,7-10,18H2,1-4H3. The van der Waals surface area contributed by atoms with E-state index in [1.54, 1.807) is 19.2 Å². The number of piperidine rings is 1. The summed E-state index contributed by atoms with van der Waals surface area (Å²) in [5.74, 6) is 1.37. The second kappa shape index (κ2) is 7.38. The number of hydrogen-bond acceptors (Lipinski definition) is 6. The first-order valence-electron chi connectivity index (χ1n) is 7.98. The fourth-order valence-corrected chi connectivity index (χ4v) is 2.56. The Bertz CT molecular complexity index is 508. The van der Waals surface area contributed by atoms with E-state index >= 15 is 0 Å². The van der Waals surface area contributed by atoms with Crippen LogP contribution in [0.1, 0.15) is 33.6 Å². The van der Waals surface area contributed by atoms with Crippen LogP contribution in [0.2, 0.25) is 0 Å². The summed E-state index contributed by atoms with van der Waals surface area (Å²) in [4.78, 5) is 1.93. The topological polar surface area (TPSA) is 77.2 Å². The number of aliphatic hydroxyl groups excluding tert-OH is 1. The van der Waals surface area contributed by atoms with E-state index in [4.69, 9.17) is 19.9 Å². The summed E-state index contributed by atoms with van der Waals surface area (Å²) in [5, 5.41) is 10.1. The van der Waals surface area contributed by atoms with Crippen molar-refractivity contribution in [1.82, 2.24) is 4.90 Å². The SMILES string of the molecule is COc1cc(OC2CCN(C(O)OC(C)(C)C)CC2)ccc1N. The van der Waals surface area contributed by atoms with Gasteiger partial charge in [-0.1, -0.05) is 0 Å². The van der Waals surface area contributed by atoms with E-state index in [0.717, 1.165) is 31.7 Å². The molecule has 6 nitrogen and oxygen atoms in total. The molecule has 1 atom stereocenters. The van der Waals surface area contributed by atoms with Gasteiger partial charge in [0.15, 0.2) is 0 Å². The Morgan fingerprint density at radius 2 is 1.91 bits per heavy atom. The highest BCUT2D eigenvalue weighted by atomic mass is 16.6. The van der Waals surface area contributed by atoms with Gasteiger partial charge in [0.1, 0.15) is 17.6 Å². The van der Waals surface area contributed by atoms with Gasteiger partial charge in [-0.25, -0.2) is 0 Å². The number of nitrogens with zero attached hydrogens (tertiary/aromatic N) is 1. The molecule has 0 aliphatic carbocycles. The summed E-state index contributed by atoms with van der Waals surface area (Å²) >= 11 is 0. The second-order valence-corrected chi connectivity index (χ2v) is 6.81. The van der Waals surface area contributed by atoms with E-state index in [-0.39, 0.29) is 11.7 Å². The zero-order valence-electron chi connectivity index (χ0n) is 14.4. The molecular formula is C17H28N2O4. The summed E-state index contributed by atoms with van der Waals surface area (Å²) < 4.78 is 16.8. The predicted molar refractivity (Wildman–Crippen MR) is 89.5 cm³/mol. The molecular weight excluding hydrogens is 296 g/mol. The van der Waals surface area contributed by atoms with Crippen LogP contribution in [-0.4, -0.2) is 48.3 Å². The normalized spacial score (nSPS) is 18.7. The van der Waals surface area contributed by atoms with E-state index in [0.29, 0.717) is 11.4 Å². The molecule has 3 N–H and O–H groups in total. The average Bonchev–Trinajstić information content (AvgIpc) is 2.48. The Morgan fingerprint density at radius 1 is 1.26 bits per heavy atom. The molecule has 1 unspecified atom stereocenters. The van der Waals surface area contributed by atoms with Crippen molar-refractivity contribution in [3.63, 3.8) is 0 Å². The molecule has 0 spiro atoms. The maximum atomic E-state index is 10.1. The minimum atomic E-state index is -0.868. The fourth-order valence-electron chi connectivity index (χ4n) is 2.56. The highest BCUT2D eigenvalue weighted by molar-refractivity contribution is 5.55. The van der Waals surface area contributed by atoms with Crippen LogP contribution in [0.5, 0.6) is 11.5 Å². The van der Waals surface area contributed by atoms with Crippen molar-refractivity contribution in [2.24, 2.45) is 0 Å². The maximum absolute atomic E-state index is 10.1. The zero-order valence-corrected chi connectivity index (χ0v) is 14.4. The first kappa shape index (κ1) is 17.8. The minimum Gasteiger partial charge on any atom is -0.494 e. The monoisotopic (exact) mass is 324 g/mol. The molecule has 0 bridgehead atoms. The lowest BCUT2D eigenvalue weighted by Crippen LogP contribution is -2.47. The molecule has 23 heavy (non-hydrogen) atoms. The van der Waals surface area contributed by atoms with E-state index in [1.807, 2.05) is 31.7 Å². The summed E-state index contributed by atoms with van der Waals surface area (Å²) in [6, 6.07) is 5.44. The predicted octanol–water partition coefficient (Wildman–Crippen LogP) is 2.21. The Morgan fingerprint density at radius 3 is 2.48 bits per heavy atom. The largest absolute Gasteiger partial charge is 0.494 e. The van der Waals surface area contributed by atoms with Gasteiger partial charge in [-0.15, -0.1) is 0 Å². The third-order valence-corrected chi connectivity index (χ3v) is 3.76. The quantitative estimate of drug-likeness (QED) is 0.639. The number of aliphatic hydroxyl groups is 1. The van der Waals surface area contributed by atoms with Crippen molar-refractivity contribution in [3.8, 4) is 11.5 Å². The summed E-state index contributed by atoms with van der Waals surface area (Å²) in [7, 11) is 1.59. The summed E-state index contributed by atoms with van der Waals surface area (Å²) in [5.41, 5.74) is 6.03. The van der Waals surface area contributed by atoms with Crippen molar-refractivity contribution in [2.75, 3.05) is 25.9 Å². The number of ether oxygens (including phenoxy) is 3. The lowest BCUT2D eigenvalue weighted by molar-refractivity contribution is -0.244. The summed E-state index contributed by atoms with van der Waals surface area (Å²) in [6.45, 7) is 7.25. The molecule has 1 aromatic rings. The van der Waals surface area contributed by atoms with Crippen molar-refractivity contribution in [2.45, 2.75) is 51.7 Å². The van der Waals surface area contributed by atoms with Crippen LogP contribution in [-0.2, 0) is 4.74 Å². The molecule has 2 rings (SSSR count). The Hall–Kier alpha value is -1.50. The number of nitrogens with two attached hydrogens (primary N) is 1. The number of hydrogen-bond donors (Lipinski definition) is 2. The lowest BCUT2D eigenvalue weighted by atomic mass is 10.1. The second-order valence-electron chi connectivity index (χ2n) is 6.81. The number of rotatable bonds is 5. The molecule has 0 radical (unpaired) electrons. The van der Waals surface area contributed by atoms with Crippen LogP contribution in [0.25, 0.3) is 0 Å². The van der Waals surface area contributed by atoms with Crippen molar-refractivity contribution >= 4 is 5.69 Å². The van der Waals surface area contributed by atoms with Gasteiger partial charge in [-0.3, -0.25) is 4.90 Å². The molecule has 6 heteroatoms. The molecule has 0 amide bonds. The van der Waals surface area contributed by atoms with Crippen LogP contribution < -0.4 is 15.2 Å². The van der Waals surface area contributed by atoms with Gasteiger partial charge in [-0.05, 0) is 45.7 Å². The third-order valence-electron chi connectivity index (χ3n) is 3.76. The molecule has 1 aliphatic rings. The van der Waals surface area contributed by atoms with Gasteiger partial charge in [0.2, 0.25) is 6.41 Å². The molecule has 1 fully saturated rings. The van der Waals surface area contributed by atoms with Gasteiger partial charge in [0, 0.05) is 19.2 Å².